The van der Waals surface area contributed by atoms with Crippen molar-refractivity contribution in [2.24, 2.45) is 0 Å². The summed E-state index contributed by atoms with van der Waals surface area (Å²) in [6, 6.07) is 8.54. The van der Waals surface area contributed by atoms with Crippen molar-refractivity contribution >= 4 is 23.1 Å². The van der Waals surface area contributed by atoms with Gasteiger partial charge in [-0.05, 0) is 30.3 Å². The minimum Gasteiger partial charge on any atom is -0.387 e. The second kappa shape index (κ2) is 4.97. The number of nitrogens with one attached hydrogen (secondary N) is 1. The van der Waals surface area contributed by atoms with Crippen LogP contribution in [0, 0.1) is 0 Å². The van der Waals surface area contributed by atoms with Crippen LogP contribution in [0.1, 0.15) is 15.9 Å². The maximum atomic E-state index is 12.2. The van der Waals surface area contributed by atoms with E-state index in [-0.39, 0.29) is 5.78 Å². The minimum atomic E-state index is -0.0478. The molecule has 4 heteroatoms. The zero-order chi connectivity index (χ0) is 12.3. The molecule has 0 aliphatic carbocycles. The lowest BCUT2D eigenvalue weighted by atomic mass is 10.0. The first kappa shape index (κ1) is 11.6. The molecule has 0 saturated carbocycles. The minimum absolute atomic E-state index is 0.0478. The van der Waals surface area contributed by atoms with Gasteiger partial charge in [-0.3, -0.25) is 9.78 Å². The first-order chi connectivity index (χ1) is 8.22. The number of ketones is 1. The van der Waals surface area contributed by atoms with Gasteiger partial charge in [0, 0.05) is 41.3 Å². The Morgan fingerprint density at radius 3 is 2.59 bits per heavy atom. The van der Waals surface area contributed by atoms with Crippen LogP contribution in [0.15, 0.2) is 42.7 Å². The molecule has 1 aromatic carbocycles. The maximum Gasteiger partial charge on any atom is 0.195 e. The summed E-state index contributed by atoms with van der Waals surface area (Å²) >= 11 is 5.88. The summed E-state index contributed by atoms with van der Waals surface area (Å²) in [4.78, 5) is 16.1. The van der Waals surface area contributed by atoms with E-state index in [1.54, 1.807) is 49.8 Å². The van der Waals surface area contributed by atoms with Gasteiger partial charge in [0.2, 0.25) is 0 Å². The van der Waals surface area contributed by atoms with Gasteiger partial charge in [0.1, 0.15) is 0 Å². The molecule has 0 saturated heterocycles. The molecule has 3 nitrogen and oxygen atoms in total. The smallest absolute Gasteiger partial charge is 0.195 e. The van der Waals surface area contributed by atoms with E-state index >= 15 is 0 Å². The zero-order valence-electron chi connectivity index (χ0n) is 9.27. The Morgan fingerprint density at radius 1 is 1.24 bits per heavy atom. The van der Waals surface area contributed by atoms with Crippen LogP contribution in [0.4, 0.5) is 5.69 Å². The summed E-state index contributed by atoms with van der Waals surface area (Å²) in [5.74, 6) is -0.0478. The third-order valence-corrected chi connectivity index (χ3v) is 2.67. The lowest BCUT2D eigenvalue weighted by Gasteiger charge is -2.08. The molecule has 17 heavy (non-hydrogen) atoms. The van der Waals surface area contributed by atoms with E-state index in [0.717, 1.165) is 5.69 Å². The highest BCUT2D eigenvalue weighted by atomic mass is 35.5. The first-order valence-electron chi connectivity index (χ1n) is 5.14. The molecule has 1 aromatic heterocycles. The van der Waals surface area contributed by atoms with Gasteiger partial charge >= 0.3 is 0 Å². The molecular formula is C13H11ClN2O. The molecule has 0 spiro atoms. The number of pyridine rings is 1. The predicted octanol–water partition coefficient (Wildman–Crippen LogP) is 3.01. The molecule has 0 unspecified atom stereocenters. The fourth-order valence-electron chi connectivity index (χ4n) is 1.58. The van der Waals surface area contributed by atoms with Crippen molar-refractivity contribution in [3.63, 3.8) is 0 Å². The number of rotatable bonds is 3. The van der Waals surface area contributed by atoms with E-state index in [4.69, 9.17) is 11.6 Å². The van der Waals surface area contributed by atoms with Gasteiger partial charge in [0.15, 0.2) is 5.78 Å². The van der Waals surface area contributed by atoms with Crippen molar-refractivity contribution in [2.75, 3.05) is 12.4 Å². The Morgan fingerprint density at radius 2 is 1.94 bits per heavy atom. The van der Waals surface area contributed by atoms with E-state index in [1.807, 2.05) is 0 Å². The fourth-order valence-corrected chi connectivity index (χ4v) is 1.75. The van der Waals surface area contributed by atoms with E-state index < -0.39 is 0 Å². The summed E-state index contributed by atoms with van der Waals surface area (Å²) in [5, 5.41) is 3.56. The molecule has 1 heterocycles. The summed E-state index contributed by atoms with van der Waals surface area (Å²) in [6.07, 6.45) is 3.20. The van der Waals surface area contributed by atoms with E-state index in [0.29, 0.717) is 16.1 Å². The van der Waals surface area contributed by atoms with Crippen LogP contribution in [-0.4, -0.2) is 17.8 Å². The molecule has 0 fully saturated rings. The monoisotopic (exact) mass is 246 g/mol. The van der Waals surface area contributed by atoms with Gasteiger partial charge in [-0.15, -0.1) is 0 Å². The van der Waals surface area contributed by atoms with Gasteiger partial charge in [0.25, 0.3) is 0 Å². The van der Waals surface area contributed by atoms with Gasteiger partial charge in [-0.2, -0.15) is 0 Å². The zero-order valence-corrected chi connectivity index (χ0v) is 10.0. The lowest BCUT2D eigenvalue weighted by molar-refractivity contribution is 0.103. The summed E-state index contributed by atoms with van der Waals surface area (Å²) in [5.41, 5.74) is 1.93. The van der Waals surface area contributed by atoms with Crippen LogP contribution in [0.3, 0.4) is 0 Å². The average molecular weight is 247 g/mol. The Labute approximate surface area is 104 Å². The number of aromatic nitrogens is 1. The van der Waals surface area contributed by atoms with Crippen molar-refractivity contribution in [3.05, 3.63) is 58.9 Å². The normalized spacial score (nSPS) is 10.0. The summed E-state index contributed by atoms with van der Waals surface area (Å²) in [7, 11) is 1.76. The third kappa shape index (κ3) is 2.45. The number of carbonyl (C=O) groups is 1. The van der Waals surface area contributed by atoms with E-state index in [1.165, 1.54) is 0 Å². The number of benzene rings is 1. The number of halogens is 1. The molecule has 0 radical (unpaired) electrons. The highest BCUT2D eigenvalue weighted by Gasteiger charge is 2.12. The second-order valence-corrected chi connectivity index (χ2v) is 3.94. The van der Waals surface area contributed by atoms with Crippen LogP contribution >= 0.6 is 11.6 Å². The quantitative estimate of drug-likeness (QED) is 0.847. The molecule has 0 amide bonds. The number of anilines is 1. The van der Waals surface area contributed by atoms with Crippen molar-refractivity contribution in [2.45, 2.75) is 0 Å². The molecule has 0 aliphatic rings. The summed E-state index contributed by atoms with van der Waals surface area (Å²) < 4.78 is 0. The van der Waals surface area contributed by atoms with Crippen molar-refractivity contribution in [1.29, 1.82) is 0 Å². The van der Waals surface area contributed by atoms with Crippen LogP contribution < -0.4 is 5.32 Å². The van der Waals surface area contributed by atoms with Crippen LogP contribution in [0.25, 0.3) is 0 Å². The topological polar surface area (TPSA) is 42.0 Å². The van der Waals surface area contributed by atoms with Crippen LogP contribution in [-0.2, 0) is 0 Å². The highest BCUT2D eigenvalue weighted by molar-refractivity contribution is 6.31. The molecule has 0 bridgehead atoms. The van der Waals surface area contributed by atoms with Crippen LogP contribution in [0.2, 0.25) is 5.02 Å². The van der Waals surface area contributed by atoms with Crippen molar-refractivity contribution in [1.82, 2.24) is 4.98 Å². The second-order valence-electron chi connectivity index (χ2n) is 3.50. The Kier molecular flexibility index (Phi) is 3.40. The first-order valence-corrected chi connectivity index (χ1v) is 5.52. The SMILES string of the molecule is CNc1cc(Cl)ccc1C(=O)c1ccncc1. The van der Waals surface area contributed by atoms with Gasteiger partial charge < -0.3 is 5.32 Å². The van der Waals surface area contributed by atoms with Crippen molar-refractivity contribution in [3.8, 4) is 0 Å². The fraction of sp³-hybridized carbons (Fsp3) is 0.0769. The average Bonchev–Trinajstić information content (AvgIpc) is 2.39. The standard InChI is InChI=1S/C13H11ClN2O/c1-15-12-8-10(14)2-3-11(12)13(17)9-4-6-16-7-5-9/h2-8,15H,1H3. The predicted molar refractivity (Wildman–Crippen MR) is 68.7 cm³/mol. The Hall–Kier alpha value is -1.87. The maximum absolute atomic E-state index is 12.2. The number of nitrogens with zero attached hydrogens (tertiary/aromatic N) is 1. The Bertz CT molecular complexity index is 540. The Balaban J connectivity index is 2.44. The third-order valence-electron chi connectivity index (χ3n) is 2.44. The van der Waals surface area contributed by atoms with Gasteiger partial charge in [0.05, 0.1) is 0 Å². The lowest BCUT2D eigenvalue weighted by Crippen LogP contribution is -2.05. The largest absolute Gasteiger partial charge is 0.387 e. The van der Waals surface area contributed by atoms with E-state index in [2.05, 4.69) is 10.3 Å². The van der Waals surface area contributed by atoms with Gasteiger partial charge in [-0.1, -0.05) is 11.6 Å². The van der Waals surface area contributed by atoms with E-state index in [9.17, 15) is 4.79 Å². The molecule has 1 N–H and O–H groups in total. The highest BCUT2D eigenvalue weighted by Crippen LogP contribution is 2.23. The summed E-state index contributed by atoms with van der Waals surface area (Å²) in [6.45, 7) is 0. The van der Waals surface area contributed by atoms with Crippen LogP contribution in [0.5, 0.6) is 0 Å². The molecule has 86 valence electrons. The number of hydrogen-bond acceptors (Lipinski definition) is 3. The molecule has 0 aliphatic heterocycles. The number of hydrogen-bond donors (Lipinski definition) is 1. The van der Waals surface area contributed by atoms with Gasteiger partial charge in [-0.25, -0.2) is 0 Å². The molecule has 0 atom stereocenters. The molecule has 2 aromatic rings. The van der Waals surface area contributed by atoms with Crippen molar-refractivity contribution < 1.29 is 4.79 Å². The number of carbonyl (C=O) groups excluding carboxylic acids is 1. The molecular weight excluding hydrogens is 236 g/mol. The molecule has 2 rings (SSSR count).